The minimum Gasteiger partial charge on any atom is -0.300 e. The van der Waals surface area contributed by atoms with Crippen LogP contribution in [-0.4, -0.2) is 25.9 Å². The molecule has 23 heavy (non-hydrogen) atoms. The van der Waals surface area contributed by atoms with Crippen LogP contribution >= 0.6 is 27.3 Å². The fourth-order valence-electron chi connectivity index (χ4n) is 2.30. The molecule has 0 saturated heterocycles. The van der Waals surface area contributed by atoms with Gasteiger partial charge in [0.15, 0.2) is 5.13 Å². The van der Waals surface area contributed by atoms with Crippen LogP contribution in [0.3, 0.4) is 0 Å². The molecule has 2 heterocycles. The van der Waals surface area contributed by atoms with E-state index in [-0.39, 0.29) is 12.5 Å². The standard InChI is InChI=1S/C15H10BrN5OS/c16-9-4-3-7-12-14(9)18-15(23-12)17-13(22)8-21-11-6-2-1-5-10(11)19-20-21/h1-7H,8H2,(H,17,18,22). The minimum absolute atomic E-state index is 0.0948. The van der Waals surface area contributed by atoms with Crippen LogP contribution in [-0.2, 0) is 11.3 Å². The van der Waals surface area contributed by atoms with Crippen LogP contribution in [0.1, 0.15) is 0 Å². The number of fused-ring (bicyclic) bond motifs is 2. The second-order valence-electron chi connectivity index (χ2n) is 4.89. The predicted molar refractivity (Wildman–Crippen MR) is 93.5 cm³/mol. The number of carbonyl (C=O) groups excluding carboxylic acids is 1. The topological polar surface area (TPSA) is 72.7 Å². The average Bonchev–Trinajstić information content (AvgIpc) is 3.12. The number of benzene rings is 2. The molecule has 1 amide bonds. The van der Waals surface area contributed by atoms with Gasteiger partial charge in [0.2, 0.25) is 5.91 Å². The van der Waals surface area contributed by atoms with Crippen LogP contribution in [0.5, 0.6) is 0 Å². The lowest BCUT2D eigenvalue weighted by molar-refractivity contribution is -0.116. The van der Waals surface area contributed by atoms with Crippen molar-refractivity contribution in [3.05, 3.63) is 46.9 Å². The highest BCUT2D eigenvalue weighted by molar-refractivity contribution is 9.10. The van der Waals surface area contributed by atoms with Gasteiger partial charge in [-0.1, -0.05) is 34.7 Å². The Kier molecular flexibility index (Phi) is 3.55. The fourth-order valence-corrected chi connectivity index (χ4v) is 3.79. The van der Waals surface area contributed by atoms with Crippen LogP contribution in [0, 0.1) is 0 Å². The Hall–Kier alpha value is -2.32. The number of nitrogens with zero attached hydrogens (tertiary/aromatic N) is 4. The summed E-state index contributed by atoms with van der Waals surface area (Å²) in [6.45, 7) is 0.0948. The van der Waals surface area contributed by atoms with E-state index < -0.39 is 0 Å². The Morgan fingerprint density at radius 2 is 2.09 bits per heavy atom. The molecule has 0 aliphatic rings. The van der Waals surface area contributed by atoms with E-state index >= 15 is 0 Å². The van der Waals surface area contributed by atoms with Gasteiger partial charge in [-0.3, -0.25) is 4.79 Å². The number of hydrogen-bond acceptors (Lipinski definition) is 5. The van der Waals surface area contributed by atoms with Crippen LogP contribution in [0.2, 0.25) is 0 Å². The molecule has 0 unspecified atom stereocenters. The molecule has 6 nitrogen and oxygen atoms in total. The Balaban J connectivity index is 1.56. The third kappa shape index (κ3) is 2.71. The number of carbonyl (C=O) groups is 1. The monoisotopic (exact) mass is 387 g/mol. The van der Waals surface area contributed by atoms with Crippen molar-refractivity contribution < 1.29 is 4.79 Å². The molecule has 0 bridgehead atoms. The van der Waals surface area contributed by atoms with E-state index in [4.69, 9.17) is 0 Å². The van der Waals surface area contributed by atoms with Crippen molar-refractivity contribution in [2.24, 2.45) is 0 Å². The third-order valence-corrected chi connectivity index (χ3v) is 4.91. The number of para-hydroxylation sites is 2. The summed E-state index contributed by atoms with van der Waals surface area (Å²) in [5.74, 6) is -0.184. The number of nitrogens with one attached hydrogen (secondary N) is 1. The summed E-state index contributed by atoms with van der Waals surface area (Å²) in [6, 6.07) is 13.4. The second kappa shape index (κ2) is 5.71. The average molecular weight is 388 g/mol. The summed E-state index contributed by atoms with van der Waals surface area (Å²) in [7, 11) is 0. The van der Waals surface area contributed by atoms with E-state index in [0.29, 0.717) is 5.13 Å². The van der Waals surface area contributed by atoms with Gasteiger partial charge >= 0.3 is 0 Å². The molecule has 4 rings (SSSR count). The molecule has 0 aliphatic heterocycles. The summed E-state index contributed by atoms with van der Waals surface area (Å²) in [5, 5.41) is 11.4. The first-order valence-electron chi connectivity index (χ1n) is 6.84. The lowest BCUT2D eigenvalue weighted by atomic mass is 10.3. The highest BCUT2D eigenvalue weighted by atomic mass is 79.9. The van der Waals surface area contributed by atoms with Crippen molar-refractivity contribution in [1.29, 1.82) is 0 Å². The SMILES string of the molecule is O=C(Cn1nnc2ccccc21)Nc1nc2c(Br)cccc2s1. The third-order valence-electron chi connectivity index (χ3n) is 3.33. The van der Waals surface area contributed by atoms with E-state index in [2.05, 4.69) is 36.5 Å². The normalized spacial score (nSPS) is 11.2. The van der Waals surface area contributed by atoms with Crippen molar-refractivity contribution in [3.8, 4) is 0 Å². The van der Waals surface area contributed by atoms with Gasteiger partial charge in [-0.2, -0.15) is 0 Å². The van der Waals surface area contributed by atoms with Gasteiger partial charge in [-0.05, 0) is 40.2 Å². The van der Waals surface area contributed by atoms with Gasteiger partial charge < -0.3 is 5.32 Å². The molecule has 8 heteroatoms. The Bertz CT molecular complexity index is 1020. The molecule has 2 aromatic heterocycles. The molecule has 114 valence electrons. The van der Waals surface area contributed by atoms with Gasteiger partial charge in [0.1, 0.15) is 12.1 Å². The number of hydrogen-bond donors (Lipinski definition) is 1. The number of rotatable bonds is 3. The smallest absolute Gasteiger partial charge is 0.247 e. The van der Waals surface area contributed by atoms with Crippen molar-refractivity contribution >= 4 is 59.6 Å². The van der Waals surface area contributed by atoms with Crippen molar-refractivity contribution in [2.75, 3.05) is 5.32 Å². The molecule has 0 spiro atoms. The zero-order valence-electron chi connectivity index (χ0n) is 11.7. The first-order chi connectivity index (χ1) is 11.2. The fraction of sp³-hybridized carbons (Fsp3) is 0.0667. The zero-order valence-corrected chi connectivity index (χ0v) is 14.1. The number of halogens is 1. The van der Waals surface area contributed by atoms with Crippen molar-refractivity contribution in [3.63, 3.8) is 0 Å². The van der Waals surface area contributed by atoms with Gasteiger partial charge in [0, 0.05) is 4.47 Å². The van der Waals surface area contributed by atoms with Crippen LogP contribution in [0.15, 0.2) is 46.9 Å². The molecule has 0 saturated carbocycles. The van der Waals surface area contributed by atoms with E-state index in [1.807, 2.05) is 42.5 Å². The van der Waals surface area contributed by atoms with E-state index in [1.165, 1.54) is 11.3 Å². The lowest BCUT2D eigenvalue weighted by Gasteiger charge is -2.02. The molecule has 1 N–H and O–H groups in total. The van der Waals surface area contributed by atoms with Gasteiger partial charge in [-0.15, -0.1) is 5.10 Å². The predicted octanol–water partition coefficient (Wildman–Crippen LogP) is 3.44. The Morgan fingerprint density at radius 1 is 1.22 bits per heavy atom. The van der Waals surface area contributed by atoms with Crippen LogP contribution in [0.25, 0.3) is 21.3 Å². The second-order valence-corrected chi connectivity index (χ2v) is 6.77. The number of anilines is 1. The van der Waals surface area contributed by atoms with E-state index in [0.717, 1.165) is 25.7 Å². The van der Waals surface area contributed by atoms with Crippen LogP contribution < -0.4 is 5.32 Å². The highest BCUT2D eigenvalue weighted by Gasteiger charge is 2.12. The summed E-state index contributed by atoms with van der Waals surface area (Å²) in [5.41, 5.74) is 2.44. The van der Waals surface area contributed by atoms with Crippen LogP contribution in [0.4, 0.5) is 5.13 Å². The number of aromatic nitrogens is 4. The molecule has 0 aliphatic carbocycles. The van der Waals surface area contributed by atoms with E-state index in [9.17, 15) is 4.79 Å². The van der Waals surface area contributed by atoms with Gasteiger partial charge in [0.25, 0.3) is 0 Å². The summed E-state index contributed by atoms with van der Waals surface area (Å²) >= 11 is 4.90. The highest BCUT2D eigenvalue weighted by Crippen LogP contribution is 2.30. The molecule has 0 fully saturated rings. The first kappa shape index (κ1) is 14.3. The maximum absolute atomic E-state index is 12.2. The van der Waals surface area contributed by atoms with E-state index in [1.54, 1.807) is 4.68 Å². The van der Waals surface area contributed by atoms with Gasteiger partial charge in [-0.25, -0.2) is 9.67 Å². The number of thiazole rings is 1. The molecule has 4 aromatic rings. The molecular formula is C15H10BrN5OS. The van der Waals surface area contributed by atoms with Crippen molar-refractivity contribution in [1.82, 2.24) is 20.0 Å². The minimum atomic E-state index is -0.184. The first-order valence-corrected chi connectivity index (χ1v) is 8.45. The largest absolute Gasteiger partial charge is 0.300 e. The summed E-state index contributed by atoms with van der Waals surface area (Å²) in [6.07, 6.45) is 0. The lowest BCUT2D eigenvalue weighted by Crippen LogP contribution is -2.19. The quantitative estimate of drug-likeness (QED) is 0.584. The molecule has 0 atom stereocenters. The van der Waals surface area contributed by atoms with Gasteiger partial charge in [0.05, 0.1) is 15.7 Å². The maximum atomic E-state index is 12.2. The summed E-state index contributed by atoms with van der Waals surface area (Å²) < 4.78 is 3.50. The Morgan fingerprint density at radius 3 is 2.96 bits per heavy atom. The maximum Gasteiger partial charge on any atom is 0.247 e. The summed E-state index contributed by atoms with van der Waals surface area (Å²) in [4.78, 5) is 16.7. The van der Waals surface area contributed by atoms with Crippen molar-refractivity contribution in [2.45, 2.75) is 6.54 Å². The molecule has 0 radical (unpaired) electrons. The molecule has 2 aromatic carbocycles. The zero-order chi connectivity index (χ0) is 15.8. The molecular weight excluding hydrogens is 378 g/mol. The Labute approximate surface area is 143 Å². The number of amides is 1.